The van der Waals surface area contributed by atoms with E-state index in [9.17, 15) is 18.0 Å². The zero-order valence-electron chi connectivity index (χ0n) is 13.4. The molecular formula is C19H17F3N2O. The summed E-state index contributed by atoms with van der Waals surface area (Å²) < 4.78 is 38.8. The average molecular weight is 346 g/mol. The van der Waals surface area contributed by atoms with Crippen LogP contribution in [0, 0.1) is 0 Å². The molecule has 6 heteroatoms. The molecule has 2 aromatic carbocycles. The van der Waals surface area contributed by atoms with Crippen molar-refractivity contribution in [3.8, 4) is 0 Å². The number of nitrogens with one attached hydrogen (secondary N) is 1. The summed E-state index contributed by atoms with van der Waals surface area (Å²) in [6.07, 6.45) is -1.78. The summed E-state index contributed by atoms with van der Waals surface area (Å²) in [7, 11) is 0. The molecule has 0 spiro atoms. The van der Waals surface area contributed by atoms with Crippen LogP contribution in [0.2, 0.25) is 0 Å². The highest BCUT2D eigenvalue weighted by Gasteiger charge is 2.32. The van der Waals surface area contributed by atoms with Crippen LogP contribution < -0.4 is 10.2 Å². The van der Waals surface area contributed by atoms with E-state index in [1.54, 1.807) is 18.2 Å². The number of halogens is 3. The van der Waals surface area contributed by atoms with E-state index in [-0.39, 0.29) is 5.91 Å². The zero-order valence-corrected chi connectivity index (χ0v) is 13.4. The number of hydrogen-bond donors (Lipinski definition) is 1. The molecule has 0 atom stereocenters. The van der Waals surface area contributed by atoms with Gasteiger partial charge in [-0.25, -0.2) is 0 Å². The Morgan fingerprint density at radius 2 is 2.00 bits per heavy atom. The molecule has 0 aliphatic carbocycles. The van der Waals surface area contributed by atoms with E-state index in [0.717, 1.165) is 23.9 Å². The number of carbonyl (C=O) groups excluding carboxylic acids is 1. The number of rotatable bonds is 3. The van der Waals surface area contributed by atoms with E-state index in [1.165, 1.54) is 18.2 Å². The number of anilines is 3. The lowest BCUT2D eigenvalue weighted by atomic mass is 9.98. The minimum atomic E-state index is -4.34. The molecule has 3 nitrogen and oxygen atoms in total. The monoisotopic (exact) mass is 346 g/mol. The van der Waals surface area contributed by atoms with Crippen LogP contribution in [0.3, 0.4) is 0 Å². The molecule has 0 radical (unpaired) electrons. The van der Waals surface area contributed by atoms with Gasteiger partial charge in [0.2, 0.25) is 5.91 Å². The molecule has 1 N–H and O–H groups in total. The normalized spacial score (nSPS) is 14.0. The Balaban J connectivity index is 1.94. The summed E-state index contributed by atoms with van der Waals surface area (Å²) in [6.45, 7) is 4.12. The third kappa shape index (κ3) is 3.68. The quantitative estimate of drug-likeness (QED) is 0.801. The Hall–Kier alpha value is -2.76. The van der Waals surface area contributed by atoms with Crippen molar-refractivity contribution in [1.82, 2.24) is 0 Å². The lowest BCUT2D eigenvalue weighted by molar-refractivity contribution is -0.137. The van der Waals surface area contributed by atoms with Crippen molar-refractivity contribution in [2.75, 3.05) is 16.8 Å². The highest BCUT2D eigenvalue weighted by atomic mass is 19.4. The second-order valence-electron chi connectivity index (χ2n) is 5.84. The minimum absolute atomic E-state index is 0.314. The number of amides is 1. The predicted octanol–water partition coefficient (Wildman–Crippen LogP) is 4.91. The molecule has 1 aliphatic heterocycles. The van der Waals surface area contributed by atoms with Crippen molar-refractivity contribution >= 4 is 23.0 Å². The van der Waals surface area contributed by atoms with Crippen molar-refractivity contribution in [1.29, 1.82) is 0 Å². The van der Waals surface area contributed by atoms with Gasteiger partial charge in [0.15, 0.2) is 0 Å². The van der Waals surface area contributed by atoms with Crippen LogP contribution in [0.4, 0.5) is 30.2 Å². The van der Waals surface area contributed by atoms with Crippen LogP contribution in [-0.2, 0) is 17.4 Å². The first-order valence-corrected chi connectivity index (χ1v) is 7.89. The van der Waals surface area contributed by atoms with Crippen LogP contribution in [0.5, 0.6) is 0 Å². The van der Waals surface area contributed by atoms with Crippen LogP contribution in [0.1, 0.15) is 17.5 Å². The van der Waals surface area contributed by atoms with Gasteiger partial charge in [-0.15, -0.1) is 0 Å². The third-order valence-electron chi connectivity index (χ3n) is 4.14. The SMILES string of the molecule is C=CC(=O)Nc1cccc(N2CCCc3cc(C(F)(F)F)ccc32)c1. The fourth-order valence-corrected chi connectivity index (χ4v) is 2.99. The van der Waals surface area contributed by atoms with Gasteiger partial charge < -0.3 is 10.2 Å². The average Bonchev–Trinajstić information content (AvgIpc) is 2.60. The number of hydrogen-bond acceptors (Lipinski definition) is 2. The van der Waals surface area contributed by atoms with E-state index < -0.39 is 11.7 Å². The summed E-state index contributed by atoms with van der Waals surface area (Å²) in [5.41, 5.74) is 2.26. The fraction of sp³-hybridized carbons (Fsp3) is 0.211. The third-order valence-corrected chi connectivity index (χ3v) is 4.14. The predicted molar refractivity (Wildman–Crippen MR) is 92.0 cm³/mol. The summed E-state index contributed by atoms with van der Waals surface area (Å²) in [5, 5.41) is 2.69. The van der Waals surface area contributed by atoms with Gasteiger partial charge in [0.05, 0.1) is 5.56 Å². The van der Waals surface area contributed by atoms with Gasteiger partial charge in [-0.2, -0.15) is 13.2 Å². The lowest BCUT2D eigenvalue weighted by Crippen LogP contribution is -2.25. The minimum Gasteiger partial charge on any atom is -0.341 e. The number of fused-ring (bicyclic) bond motifs is 1. The standard InChI is InChI=1S/C19H17F3N2O/c1-2-18(25)23-15-6-3-7-16(12-15)24-10-4-5-13-11-14(19(20,21)22)8-9-17(13)24/h2-3,6-9,11-12H,1,4-5,10H2,(H,23,25). The van der Waals surface area contributed by atoms with Crippen LogP contribution in [0.15, 0.2) is 55.1 Å². The maximum Gasteiger partial charge on any atom is 0.416 e. The van der Waals surface area contributed by atoms with Gasteiger partial charge >= 0.3 is 6.18 Å². The molecule has 0 saturated heterocycles. The maximum absolute atomic E-state index is 12.9. The van der Waals surface area contributed by atoms with Crippen molar-refractivity contribution in [3.05, 3.63) is 66.2 Å². The first kappa shape index (κ1) is 17.1. The molecule has 1 aliphatic rings. The number of alkyl halides is 3. The summed E-state index contributed by atoms with van der Waals surface area (Å²) in [4.78, 5) is 13.4. The fourth-order valence-electron chi connectivity index (χ4n) is 2.99. The van der Waals surface area contributed by atoms with Crippen molar-refractivity contribution < 1.29 is 18.0 Å². The van der Waals surface area contributed by atoms with Crippen LogP contribution >= 0.6 is 0 Å². The molecule has 130 valence electrons. The first-order valence-electron chi connectivity index (χ1n) is 7.89. The number of nitrogens with zero attached hydrogens (tertiary/aromatic N) is 1. The van der Waals surface area contributed by atoms with E-state index in [4.69, 9.17) is 0 Å². The highest BCUT2D eigenvalue weighted by molar-refractivity contribution is 5.99. The molecule has 0 aromatic heterocycles. The number of aryl methyl sites for hydroxylation is 1. The van der Waals surface area contributed by atoms with E-state index in [0.29, 0.717) is 24.2 Å². The molecule has 1 heterocycles. The number of carbonyl (C=O) groups is 1. The van der Waals surface area contributed by atoms with Gasteiger partial charge in [0, 0.05) is 23.6 Å². The van der Waals surface area contributed by atoms with E-state index in [1.807, 2.05) is 11.0 Å². The molecule has 2 aromatic rings. The van der Waals surface area contributed by atoms with E-state index >= 15 is 0 Å². The van der Waals surface area contributed by atoms with Crippen molar-refractivity contribution in [3.63, 3.8) is 0 Å². The second kappa shape index (κ2) is 6.63. The van der Waals surface area contributed by atoms with Gasteiger partial charge in [-0.1, -0.05) is 12.6 Å². The van der Waals surface area contributed by atoms with Gasteiger partial charge in [-0.05, 0) is 60.9 Å². The molecule has 1 amide bonds. The molecule has 25 heavy (non-hydrogen) atoms. The summed E-state index contributed by atoms with van der Waals surface area (Å²) >= 11 is 0. The molecule has 0 bridgehead atoms. The lowest BCUT2D eigenvalue weighted by Gasteiger charge is -2.32. The molecule has 3 rings (SSSR count). The Kier molecular flexibility index (Phi) is 4.53. The Morgan fingerprint density at radius 3 is 2.72 bits per heavy atom. The van der Waals surface area contributed by atoms with Gasteiger partial charge in [-0.3, -0.25) is 4.79 Å². The highest BCUT2D eigenvalue weighted by Crippen LogP contribution is 2.38. The molecule has 0 saturated carbocycles. The zero-order chi connectivity index (χ0) is 18.0. The van der Waals surface area contributed by atoms with Crippen molar-refractivity contribution in [2.24, 2.45) is 0 Å². The second-order valence-corrected chi connectivity index (χ2v) is 5.84. The largest absolute Gasteiger partial charge is 0.416 e. The molecule has 0 fully saturated rings. The van der Waals surface area contributed by atoms with Crippen LogP contribution in [-0.4, -0.2) is 12.5 Å². The van der Waals surface area contributed by atoms with Gasteiger partial charge in [0.1, 0.15) is 0 Å². The molecular weight excluding hydrogens is 329 g/mol. The Labute approximate surface area is 143 Å². The smallest absolute Gasteiger partial charge is 0.341 e. The summed E-state index contributed by atoms with van der Waals surface area (Å²) in [6, 6.07) is 11.1. The van der Waals surface area contributed by atoms with Gasteiger partial charge in [0.25, 0.3) is 0 Å². The number of benzene rings is 2. The van der Waals surface area contributed by atoms with Crippen LogP contribution in [0.25, 0.3) is 0 Å². The summed E-state index contributed by atoms with van der Waals surface area (Å²) in [5.74, 6) is -0.314. The van der Waals surface area contributed by atoms with Crippen molar-refractivity contribution in [2.45, 2.75) is 19.0 Å². The topological polar surface area (TPSA) is 32.3 Å². The van der Waals surface area contributed by atoms with E-state index in [2.05, 4.69) is 11.9 Å². The maximum atomic E-state index is 12.9. The first-order chi connectivity index (χ1) is 11.9. The molecule has 0 unspecified atom stereocenters. The Morgan fingerprint density at radius 1 is 1.20 bits per heavy atom. The Bertz CT molecular complexity index is 815.